The second kappa shape index (κ2) is 7.21. The van der Waals surface area contributed by atoms with E-state index in [1.54, 1.807) is 0 Å². The standard InChI is InChI=1S/C20H23N3O/c1-3-14(2)17-11-16(18-12-20(21)23-22-18)9-10-19(17)24-13-15-7-5-4-6-8-15/h4-12,14H,3,13H2,1-2H3,(H3,21,22,23)/t14-/m1/s1. The summed E-state index contributed by atoms with van der Waals surface area (Å²) in [6.07, 6.45) is 1.05. The number of anilines is 1. The number of H-pyrrole nitrogens is 1. The van der Waals surface area contributed by atoms with E-state index in [0.717, 1.165) is 29.0 Å². The number of hydrogen-bond acceptors (Lipinski definition) is 3. The van der Waals surface area contributed by atoms with Crippen LogP contribution in [0.3, 0.4) is 0 Å². The number of ether oxygens (including phenoxy) is 1. The number of hydrogen-bond donors (Lipinski definition) is 2. The van der Waals surface area contributed by atoms with Gasteiger partial charge in [-0.3, -0.25) is 5.10 Å². The second-order valence-electron chi connectivity index (χ2n) is 6.04. The van der Waals surface area contributed by atoms with Crippen molar-refractivity contribution in [2.24, 2.45) is 0 Å². The van der Waals surface area contributed by atoms with Crippen LogP contribution >= 0.6 is 0 Å². The molecule has 1 aromatic heterocycles. The molecule has 1 atom stereocenters. The van der Waals surface area contributed by atoms with Gasteiger partial charge in [-0.2, -0.15) is 5.10 Å². The first kappa shape index (κ1) is 16.1. The van der Waals surface area contributed by atoms with Crippen LogP contribution in [0.2, 0.25) is 0 Å². The fraction of sp³-hybridized carbons (Fsp3) is 0.250. The predicted octanol–water partition coefficient (Wildman–Crippen LogP) is 4.75. The molecule has 0 amide bonds. The average Bonchev–Trinajstić information content (AvgIpc) is 3.06. The summed E-state index contributed by atoms with van der Waals surface area (Å²) in [7, 11) is 0. The molecule has 3 rings (SSSR count). The van der Waals surface area contributed by atoms with E-state index >= 15 is 0 Å². The van der Waals surface area contributed by atoms with E-state index in [9.17, 15) is 0 Å². The molecule has 24 heavy (non-hydrogen) atoms. The zero-order valence-electron chi connectivity index (χ0n) is 14.1. The molecular formula is C20H23N3O. The van der Waals surface area contributed by atoms with Crippen LogP contribution < -0.4 is 10.5 Å². The van der Waals surface area contributed by atoms with Gasteiger partial charge in [0.05, 0.1) is 5.69 Å². The van der Waals surface area contributed by atoms with Crippen molar-refractivity contribution in [3.8, 4) is 17.0 Å². The lowest BCUT2D eigenvalue weighted by Crippen LogP contribution is -2.01. The molecule has 0 unspecified atom stereocenters. The van der Waals surface area contributed by atoms with Gasteiger partial charge in [-0.25, -0.2) is 0 Å². The van der Waals surface area contributed by atoms with Crippen molar-refractivity contribution in [3.63, 3.8) is 0 Å². The van der Waals surface area contributed by atoms with E-state index in [1.807, 2.05) is 36.4 Å². The van der Waals surface area contributed by atoms with Crippen LogP contribution in [0.1, 0.15) is 37.3 Å². The molecule has 0 aliphatic heterocycles. The van der Waals surface area contributed by atoms with E-state index in [0.29, 0.717) is 18.3 Å². The van der Waals surface area contributed by atoms with Gasteiger partial charge in [0.15, 0.2) is 0 Å². The van der Waals surface area contributed by atoms with Gasteiger partial charge >= 0.3 is 0 Å². The lowest BCUT2D eigenvalue weighted by Gasteiger charge is -2.17. The molecule has 4 nitrogen and oxygen atoms in total. The van der Waals surface area contributed by atoms with Crippen LogP contribution in [0.15, 0.2) is 54.6 Å². The van der Waals surface area contributed by atoms with E-state index < -0.39 is 0 Å². The minimum absolute atomic E-state index is 0.413. The number of nitrogens with zero attached hydrogens (tertiary/aromatic N) is 1. The summed E-state index contributed by atoms with van der Waals surface area (Å²) < 4.78 is 6.09. The van der Waals surface area contributed by atoms with Crippen molar-refractivity contribution in [1.29, 1.82) is 0 Å². The van der Waals surface area contributed by atoms with Crippen LogP contribution in [0.25, 0.3) is 11.3 Å². The normalized spacial score (nSPS) is 12.1. The van der Waals surface area contributed by atoms with Crippen LogP contribution in [0.4, 0.5) is 5.82 Å². The summed E-state index contributed by atoms with van der Waals surface area (Å²) in [5.74, 6) is 1.85. The number of rotatable bonds is 6. The maximum absolute atomic E-state index is 6.09. The molecular weight excluding hydrogens is 298 g/mol. The fourth-order valence-corrected chi connectivity index (χ4v) is 2.67. The van der Waals surface area contributed by atoms with Gasteiger partial charge < -0.3 is 10.5 Å². The summed E-state index contributed by atoms with van der Waals surface area (Å²) in [6, 6.07) is 18.3. The Morgan fingerprint density at radius 3 is 2.58 bits per heavy atom. The van der Waals surface area contributed by atoms with Gasteiger partial charge in [0.1, 0.15) is 18.2 Å². The number of benzene rings is 2. The van der Waals surface area contributed by atoms with Gasteiger partial charge in [-0.15, -0.1) is 0 Å². The van der Waals surface area contributed by atoms with E-state index in [-0.39, 0.29) is 0 Å². The van der Waals surface area contributed by atoms with Crippen molar-refractivity contribution in [2.75, 3.05) is 5.73 Å². The smallest absolute Gasteiger partial charge is 0.145 e. The Balaban J connectivity index is 1.87. The first-order valence-electron chi connectivity index (χ1n) is 8.29. The molecule has 0 aliphatic rings. The number of nitrogens with one attached hydrogen (secondary N) is 1. The molecule has 0 saturated carbocycles. The van der Waals surface area contributed by atoms with Crippen molar-refractivity contribution < 1.29 is 4.74 Å². The number of nitrogens with two attached hydrogens (primary N) is 1. The average molecular weight is 321 g/mol. The number of nitrogen functional groups attached to an aromatic ring is 1. The minimum Gasteiger partial charge on any atom is -0.489 e. The van der Waals surface area contributed by atoms with Crippen molar-refractivity contribution >= 4 is 5.82 Å². The zero-order valence-corrected chi connectivity index (χ0v) is 14.1. The quantitative estimate of drug-likeness (QED) is 0.688. The highest BCUT2D eigenvalue weighted by molar-refractivity contribution is 5.64. The van der Waals surface area contributed by atoms with Gasteiger partial charge in [0, 0.05) is 11.6 Å². The first-order chi connectivity index (χ1) is 11.7. The van der Waals surface area contributed by atoms with E-state index in [4.69, 9.17) is 10.5 Å². The number of aromatic nitrogens is 2. The molecule has 3 aromatic rings. The van der Waals surface area contributed by atoms with Gasteiger partial charge in [-0.05, 0) is 41.7 Å². The highest BCUT2D eigenvalue weighted by Crippen LogP contribution is 2.33. The molecule has 0 aliphatic carbocycles. The van der Waals surface area contributed by atoms with Crippen LogP contribution in [0.5, 0.6) is 5.75 Å². The largest absolute Gasteiger partial charge is 0.489 e. The molecule has 124 valence electrons. The van der Waals surface area contributed by atoms with Gasteiger partial charge in [0.25, 0.3) is 0 Å². The van der Waals surface area contributed by atoms with Crippen LogP contribution in [0, 0.1) is 0 Å². The molecule has 3 N–H and O–H groups in total. The topological polar surface area (TPSA) is 63.9 Å². The van der Waals surface area contributed by atoms with Crippen molar-refractivity contribution in [3.05, 3.63) is 65.7 Å². The summed E-state index contributed by atoms with van der Waals surface area (Å²) in [4.78, 5) is 0. The lowest BCUT2D eigenvalue weighted by atomic mass is 9.95. The maximum atomic E-state index is 6.09. The second-order valence-corrected chi connectivity index (χ2v) is 6.04. The molecule has 4 heteroatoms. The molecule has 0 fully saturated rings. The van der Waals surface area contributed by atoms with Gasteiger partial charge in [0.2, 0.25) is 0 Å². The Hall–Kier alpha value is -2.75. The molecule has 0 spiro atoms. The highest BCUT2D eigenvalue weighted by Gasteiger charge is 2.13. The third-order valence-corrected chi connectivity index (χ3v) is 4.30. The molecule has 0 saturated heterocycles. The Kier molecular flexibility index (Phi) is 4.85. The third-order valence-electron chi connectivity index (χ3n) is 4.30. The highest BCUT2D eigenvalue weighted by atomic mass is 16.5. The summed E-state index contributed by atoms with van der Waals surface area (Å²) in [6.45, 7) is 4.98. The molecule has 0 bridgehead atoms. The Bertz CT molecular complexity index is 796. The van der Waals surface area contributed by atoms with Crippen LogP contribution in [-0.2, 0) is 6.61 Å². The summed E-state index contributed by atoms with van der Waals surface area (Å²) in [5, 5.41) is 6.98. The predicted molar refractivity (Wildman–Crippen MR) is 97.9 cm³/mol. The summed E-state index contributed by atoms with van der Waals surface area (Å²) in [5.41, 5.74) is 10.1. The van der Waals surface area contributed by atoms with E-state index in [2.05, 4.69) is 42.2 Å². The Labute approximate surface area is 142 Å². The molecule has 2 aromatic carbocycles. The van der Waals surface area contributed by atoms with Gasteiger partial charge in [-0.1, -0.05) is 44.2 Å². The van der Waals surface area contributed by atoms with E-state index in [1.165, 1.54) is 5.56 Å². The SMILES string of the molecule is CC[C@@H](C)c1cc(-c2cc(N)n[nH]2)ccc1OCc1ccccc1. The monoisotopic (exact) mass is 321 g/mol. The first-order valence-corrected chi connectivity index (χ1v) is 8.29. The minimum atomic E-state index is 0.413. The molecule has 1 heterocycles. The Morgan fingerprint density at radius 1 is 1.12 bits per heavy atom. The van der Waals surface area contributed by atoms with Crippen LogP contribution in [-0.4, -0.2) is 10.2 Å². The third kappa shape index (κ3) is 3.59. The van der Waals surface area contributed by atoms with Crippen molar-refractivity contribution in [2.45, 2.75) is 32.8 Å². The summed E-state index contributed by atoms with van der Waals surface area (Å²) >= 11 is 0. The van der Waals surface area contributed by atoms with Crippen molar-refractivity contribution in [1.82, 2.24) is 10.2 Å². The molecule has 0 radical (unpaired) electrons. The fourth-order valence-electron chi connectivity index (χ4n) is 2.67. The number of aromatic amines is 1. The zero-order chi connectivity index (χ0) is 16.9. The lowest BCUT2D eigenvalue weighted by molar-refractivity contribution is 0.301. The maximum Gasteiger partial charge on any atom is 0.145 e. The Morgan fingerprint density at radius 2 is 1.92 bits per heavy atom.